The van der Waals surface area contributed by atoms with E-state index in [9.17, 15) is 9.59 Å². The Morgan fingerprint density at radius 2 is 2.00 bits per heavy atom. The second-order valence-electron chi connectivity index (χ2n) is 5.39. The SMILES string of the molecule is CN(C(=O)CCc1nc2ccccc2s1)C(C)(C)C(=O)O. The van der Waals surface area contributed by atoms with Crippen molar-refractivity contribution in [3.8, 4) is 0 Å². The van der Waals surface area contributed by atoms with Gasteiger partial charge in [0.25, 0.3) is 0 Å². The lowest BCUT2D eigenvalue weighted by Crippen LogP contribution is -2.50. The molecule has 0 aliphatic heterocycles. The number of nitrogens with zero attached hydrogens (tertiary/aromatic N) is 2. The summed E-state index contributed by atoms with van der Waals surface area (Å²) in [5.41, 5.74) is -0.269. The molecule has 21 heavy (non-hydrogen) atoms. The van der Waals surface area contributed by atoms with Gasteiger partial charge in [-0.25, -0.2) is 9.78 Å². The van der Waals surface area contributed by atoms with E-state index in [0.717, 1.165) is 15.2 Å². The molecule has 0 radical (unpaired) electrons. The van der Waals surface area contributed by atoms with Crippen molar-refractivity contribution >= 4 is 33.4 Å². The van der Waals surface area contributed by atoms with Crippen LogP contribution in [0, 0.1) is 0 Å². The predicted octanol–water partition coefficient (Wildman–Crippen LogP) is 2.55. The molecule has 2 aromatic rings. The van der Waals surface area contributed by atoms with Crippen molar-refractivity contribution in [3.05, 3.63) is 29.3 Å². The Morgan fingerprint density at radius 3 is 2.62 bits per heavy atom. The number of carbonyl (C=O) groups excluding carboxylic acids is 1. The van der Waals surface area contributed by atoms with Gasteiger partial charge in [-0.1, -0.05) is 12.1 Å². The van der Waals surface area contributed by atoms with Gasteiger partial charge in [0.15, 0.2) is 0 Å². The largest absolute Gasteiger partial charge is 0.480 e. The van der Waals surface area contributed by atoms with Crippen LogP contribution in [0.25, 0.3) is 10.2 Å². The Labute approximate surface area is 127 Å². The van der Waals surface area contributed by atoms with E-state index in [-0.39, 0.29) is 12.3 Å². The number of carbonyl (C=O) groups is 2. The molecule has 0 fully saturated rings. The highest BCUT2D eigenvalue weighted by atomic mass is 32.1. The third-order valence-corrected chi connectivity index (χ3v) is 4.72. The number of hydrogen-bond acceptors (Lipinski definition) is 4. The molecule has 112 valence electrons. The van der Waals surface area contributed by atoms with Crippen LogP contribution in [-0.4, -0.2) is 39.5 Å². The zero-order valence-corrected chi connectivity index (χ0v) is 13.1. The molecule has 0 bridgehead atoms. The van der Waals surface area contributed by atoms with Crippen LogP contribution in [0.4, 0.5) is 0 Å². The molecule has 0 aliphatic carbocycles. The summed E-state index contributed by atoms with van der Waals surface area (Å²) in [7, 11) is 1.52. The van der Waals surface area contributed by atoms with E-state index in [1.807, 2.05) is 24.3 Å². The third-order valence-electron chi connectivity index (χ3n) is 3.63. The van der Waals surface area contributed by atoms with Crippen molar-refractivity contribution in [2.24, 2.45) is 0 Å². The molecule has 1 heterocycles. The number of para-hydroxylation sites is 1. The second kappa shape index (κ2) is 5.81. The summed E-state index contributed by atoms with van der Waals surface area (Å²) in [5, 5.41) is 10.0. The number of thiazole rings is 1. The molecule has 1 amide bonds. The van der Waals surface area contributed by atoms with Crippen LogP contribution in [0.3, 0.4) is 0 Å². The number of amides is 1. The summed E-state index contributed by atoms with van der Waals surface area (Å²) in [6.45, 7) is 3.04. The van der Waals surface area contributed by atoms with Crippen molar-refractivity contribution in [1.29, 1.82) is 0 Å². The van der Waals surface area contributed by atoms with Crippen LogP contribution >= 0.6 is 11.3 Å². The van der Waals surface area contributed by atoms with Gasteiger partial charge in [0.1, 0.15) is 5.54 Å². The number of hydrogen-bond donors (Lipinski definition) is 1. The molecule has 0 spiro atoms. The molecular weight excluding hydrogens is 288 g/mol. The Balaban J connectivity index is 2.02. The lowest BCUT2D eigenvalue weighted by Gasteiger charge is -2.31. The van der Waals surface area contributed by atoms with Crippen LogP contribution in [0.5, 0.6) is 0 Å². The third kappa shape index (κ3) is 3.21. The lowest BCUT2D eigenvalue weighted by molar-refractivity contribution is -0.155. The van der Waals surface area contributed by atoms with E-state index < -0.39 is 11.5 Å². The standard InChI is InChI=1S/C15H18N2O3S/c1-15(2,14(19)20)17(3)13(18)9-8-12-16-10-6-4-5-7-11(10)21-12/h4-7H,8-9H2,1-3H3,(H,19,20). The number of fused-ring (bicyclic) bond motifs is 1. The molecule has 0 aliphatic rings. The maximum Gasteiger partial charge on any atom is 0.329 e. The van der Waals surface area contributed by atoms with Crippen molar-refractivity contribution in [1.82, 2.24) is 9.88 Å². The first-order chi connectivity index (χ1) is 9.82. The molecule has 6 heteroatoms. The van der Waals surface area contributed by atoms with E-state index in [1.165, 1.54) is 25.8 Å². The van der Waals surface area contributed by atoms with Gasteiger partial charge in [-0.2, -0.15) is 0 Å². The maximum absolute atomic E-state index is 12.1. The summed E-state index contributed by atoms with van der Waals surface area (Å²) in [4.78, 5) is 29.0. The highest BCUT2D eigenvalue weighted by Gasteiger charge is 2.34. The fourth-order valence-electron chi connectivity index (χ4n) is 1.86. The monoisotopic (exact) mass is 306 g/mol. The molecule has 1 aromatic heterocycles. The molecule has 0 atom stereocenters. The smallest absolute Gasteiger partial charge is 0.329 e. The van der Waals surface area contributed by atoms with Crippen LogP contribution in [0.2, 0.25) is 0 Å². The van der Waals surface area contributed by atoms with E-state index in [1.54, 1.807) is 11.3 Å². The molecule has 1 N–H and O–H groups in total. The Kier molecular flexibility index (Phi) is 4.27. The minimum atomic E-state index is -1.20. The van der Waals surface area contributed by atoms with Crippen LogP contribution in [0.15, 0.2) is 24.3 Å². The Hall–Kier alpha value is -1.95. The molecule has 0 unspecified atom stereocenters. The number of benzene rings is 1. The van der Waals surface area contributed by atoms with Gasteiger partial charge >= 0.3 is 5.97 Å². The molecule has 0 saturated heterocycles. The van der Waals surface area contributed by atoms with Gasteiger partial charge in [0, 0.05) is 19.9 Å². The Bertz CT molecular complexity index is 645. The van der Waals surface area contributed by atoms with E-state index in [0.29, 0.717) is 6.42 Å². The quantitative estimate of drug-likeness (QED) is 0.921. The molecule has 0 saturated carbocycles. The van der Waals surface area contributed by atoms with E-state index in [4.69, 9.17) is 5.11 Å². The first-order valence-electron chi connectivity index (χ1n) is 6.67. The zero-order chi connectivity index (χ0) is 15.6. The normalized spacial score (nSPS) is 11.6. The van der Waals surface area contributed by atoms with Gasteiger partial charge in [-0.05, 0) is 26.0 Å². The highest BCUT2D eigenvalue weighted by molar-refractivity contribution is 7.18. The average molecular weight is 306 g/mol. The zero-order valence-electron chi connectivity index (χ0n) is 12.3. The number of carboxylic acids is 1. The number of carboxylic acid groups (broad SMARTS) is 1. The number of aromatic nitrogens is 1. The Morgan fingerprint density at radius 1 is 1.33 bits per heavy atom. The summed E-state index contributed by atoms with van der Waals surface area (Å²) < 4.78 is 1.10. The average Bonchev–Trinajstić information content (AvgIpc) is 2.86. The van der Waals surface area contributed by atoms with E-state index >= 15 is 0 Å². The first kappa shape index (κ1) is 15.4. The van der Waals surface area contributed by atoms with Gasteiger partial charge in [-0.15, -0.1) is 11.3 Å². The minimum absolute atomic E-state index is 0.193. The van der Waals surface area contributed by atoms with Crippen molar-refractivity contribution in [3.63, 3.8) is 0 Å². The number of rotatable bonds is 5. The van der Waals surface area contributed by atoms with Crippen LogP contribution < -0.4 is 0 Å². The summed E-state index contributed by atoms with van der Waals surface area (Å²) in [5.74, 6) is -1.21. The topological polar surface area (TPSA) is 70.5 Å². The first-order valence-corrected chi connectivity index (χ1v) is 7.48. The number of aliphatic carboxylic acids is 1. The van der Waals surface area contributed by atoms with Gasteiger partial charge in [-0.3, -0.25) is 4.79 Å². The summed E-state index contributed by atoms with van der Waals surface area (Å²) >= 11 is 1.57. The van der Waals surface area contributed by atoms with Crippen molar-refractivity contribution in [2.75, 3.05) is 7.05 Å². The minimum Gasteiger partial charge on any atom is -0.480 e. The van der Waals surface area contributed by atoms with Crippen LogP contribution in [0.1, 0.15) is 25.3 Å². The number of likely N-dealkylation sites (N-methyl/N-ethyl adjacent to an activating group) is 1. The summed E-state index contributed by atoms with van der Waals surface area (Å²) in [6.07, 6.45) is 0.783. The molecule has 5 nitrogen and oxygen atoms in total. The number of aryl methyl sites for hydroxylation is 1. The molecule has 2 rings (SSSR count). The fraction of sp³-hybridized carbons (Fsp3) is 0.400. The van der Waals surface area contributed by atoms with Gasteiger partial charge in [0.05, 0.1) is 15.2 Å². The predicted molar refractivity (Wildman–Crippen MR) is 82.4 cm³/mol. The summed E-state index contributed by atoms with van der Waals surface area (Å²) in [6, 6.07) is 7.83. The molecule has 1 aromatic carbocycles. The molecular formula is C15H18N2O3S. The van der Waals surface area contributed by atoms with Crippen molar-refractivity contribution in [2.45, 2.75) is 32.2 Å². The lowest BCUT2D eigenvalue weighted by atomic mass is 10.0. The van der Waals surface area contributed by atoms with Gasteiger partial charge in [0.2, 0.25) is 5.91 Å². The second-order valence-corrected chi connectivity index (χ2v) is 6.51. The van der Waals surface area contributed by atoms with E-state index in [2.05, 4.69) is 4.98 Å². The van der Waals surface area contributed by atoms with Gasteiger partial charge < -0.3 is 10.0 Å². The van der Waals surface area contributed by atoms with Crippen LogP contribution in [-0.2, 0) is 16.0 Å². The fourth-order valence-corrected chi connectivity index (χ4v) is 2.83. The highest BCUT2D eigenvalue weighted by Crippen LogP contribution is 2.23. The van der Waals surface area contributed by atoms with Crippen molar-refractivity contribution < 1.29 is 14.7 Å². The maximum atomic E-state index is 12.1.